The van der Waals surface area contributed by atoms with Gasteiger partial charge in [-0.15, -0.1) is 11.3 Å². The van der Waals surface area contributed by atoms with Gasteiger partial charge >= 0.3 is 0 Å². The zero-order chi connectivity index (χ0) is 14.1. The number of nitrogen functional groups attached to an aromatic ring is 1. The molecule has 3 rings (SSSR count). The third kappa shape index (κ3) is 2.21. The zero-order valence-corrected chi connectivity index (χ0v) is 12.7. The van der Waals surface area contributed by atoms with E-state index < -0.39 is 0 Å². The molecule has 0 atom stereocenters. The lowest BCUT2D eigenvalue weighted by atomic mass is 10.1. The number of methoxy groups -OCH3 is 1. The summed E-state index contributed by atoms with van der Waals surface area (Å²) in [6, 6.07) is 7.83. The number of fused-ring (bicyclic) bond motifs is 1. The lowest BCUT2D eigenvalue weighted by Gasteiger charge is -2.07. The second kappa shape index (κ2) is 5.30. The van der Waals surface area contributed by atoms with Gasteiger partial charge in [0.25, 0.3) is 0 Å². The lowest BCUT2D eigenvalue weighted by molar-refractivity contribution is 0.415. The van der Waals surface area contributed by atoms with Crippen LogP contribution in [0.5, 0.6) is 5.75 Å². The predicted molar refractivity (Wildman–Crippen MR) is 85.6 cm³/mol. The molecule has 0 aliphatic heterocycles. The van der Waals surface area contributed by atoms with Crippen LogP contribution in [0.25, 0.3) is 21.5 Å². The van der Waals surface area contributed by atoms with Gasteiger partial charge in [-0.25, -0.2) is 9.97 Å². The molecule has 0 bridgehead atoms. The molecule has 0 aliphatic rings. The van der Waals surface area contributed by atoms with Gasteiger partial charge in [-0.3, -0.25) is 0 Å². The van der Waals surface area contributed by atoms with Crippen LogP contribution in [0.4, 0.5) is 5.69 Å². The van der Waals surface area contributed by atoms with Crippen LogP contribution in [-0.2, 0) is 0 Å². The monoisotopic (exact) mass is 303 g/mol. The molecule has 0 saturated heterocycles. The van der Waals surface area contributed by atoms with Gasteiger partial charge in [-0.1, -0.05) is 23.9 Å². The van der Waals surface area contributed by atoms with Gasteiger partial charge in [0, 0.05) is 10.9 Å². The van der Waals surface area contributed by atoms with E-state index >= 15 is 0 Å². The average Bonchev–Trinajstić information content (AvgIpc) is 2.88. The Labute approximate surface area is 125 Å². The van der Waals surface area contributed by atoms with E-state index in [0.717, 1.165) is 38.1 Å². The largest absolute Gasteiger partial charge is 0.497 e. The molecular weight excluding hydrogens is 290 g/mol. The number of thioether (sulfide) groups is 1. The molecule has 4 nitrogen and oxygen atoms in total. The number of nitrogens with two attached hydrogens (primary N) is 1. The van der Waals surface area contributed by atoms with Crippen LogP contribution >= 0.6 is 23.1 Å². The highest BCUT2D eigenvalue weighted by atomic mass is 32.2. The van der Waals surface area contributed by atoms with Crippen molar-refractivity contribution in [1.29, 1.82) is 0 Å². The van der Waals surface area contributed by atoms with E-state index in [9.17, 15) is 0 Å². The fraction of sp³-hybridized carbons (Fsp3) is 0.143. The van der Waals surface area contributed by atoms with Gasteiger partial charge in [-0.05, 0) is 18.4 Å². The maximum atomic E-state index is 6.07. The highest BCUT2D eigenvalue weighted by molar-refractivity contribution is 7.98. The van der Waals surface area contributed by atoms with E-state index in [1.807, 2.05) is 35.9 Å². The van der Waals surface area contributed by atoms with Crippen molar-refractivity contribution in [2.45, 2.75) is 5.16 Å². The highest BCUT2D eigenvalue weighted by Crippen LogP contribution is 2.36. The van der Waals surface area contributed by atoms with Crippen LogP contribution in [0, 0.1) is 0 Å². The Hall–Kier alpha value is -1.79. The van der Waals surface area contributed by atoms with Crippen molar-refractivity contribution < 1.29 is 4.74 Å². The number of aromatic nitrogens is 2. The molecule has 1 aromatic carbocycles. The van der Waals surface area contributed by atoms with Crippen molar-refractivity contribution in [3.8, 4) is 17.0 Å². The van der Waals surface area contributed by atoms with Gasteiger partial charge in [0.1, 0.15) is 10.6 Å². The van der Waals surface area contributed by atoms with Crippen LogP contribution in [0.2, 0.25) is 0 Å². The number of thiophene rings is 1. The molecule has 2 N–H and O–H groups in total. The fourth-order valence-corrected chi connectivity index (χ4v) is 3.27. The molecule has 0 spiro atoms. The Morgan fingerprint density at radius 3 is 2.90 bits per heavy atom. The molecule has 0 radical (unpaired) electrons. The minimum absolute atomic E-state index is 0.718. The smallest absolute Gasteiger partial charge is 0.189 e. The second-order valence-electron chi connectivity index (χ2n) is 4.16. The first-order chi connectivity index (χ1) is 9.72. The molecule has 102 valence electrons. The fourth-order valence-electron chi connectivity index (χ4n) is 2.01. The Morgan fingerprint density at radius 2 is 2.15 bits per heavy atom. The maximum absolute atomic E-state index is 6.07. The Morgan fingerprint density at radius 1 is 1.30 bits per heavy atom. The molecule has 3 aromatic rings. The number of nitrogens with zero attached hydrogens (tertiary/aromatic N) is 2. The molecule has 0 unspecified atom stereocenters. The van der Waals surface area contributed by atoms with E-state index in [-0.39, 0.29) is 0 Å². The molecule has 0 fully saturated rings. The number of benzene rings is 1. The van der Waals surface area contributed by atoms with Gasteiger partial charge in [-0.2, -0.15) is 0 Å². The molecule has 0 amide bonds. The summed E-state index contributed by atoms with van der Waals surface area (Å²) in [5.41, 5.74) is 8.63. The summed E-state index contributed by atoms with van der Waals surface area (Å²) in [6.45, 7) is 0. The van der Waals surface area contributed by atoms with E-state index in [4.69, 9.17) is 10.5 Å². The second-order valence-corrected chi connectivity index (χ2v) is 5.79. The standard InChI is InChI=1S/C14H13N3OS2/c1-18-9-5-3-4-8(6-9)12-11-10(15)7-20-13(11)17-14(16-12)19-2/h3-7H,15H2,1-2H3. The summed E-state index contributed by atoms with van der Waals surface area (Å²) in [6.07, 6.45) is 1.97. The summed E-state index contributed by atoms with van der Waals surface area (Å²) in [4.78, 5) is 10.0. The first kappa shape index (κ1) is 13.2. The summed E-state index contributed by atoms with van der Waals surface area (Å²) < 4.78 is 5.28. The van der Waals surface area contributed by atoms with E-state index in [0.29, 0.717) is 0 Å². The van der Waals surface area contributed by atoms with Crippen LogP contribution in [-0.4, -0.2) is 23.3 Å². The van der Waals surface area contributed by atoms with E-state index in [1.165, 1.54) is 11.8 Å². The topological polar surface area (TPSA) is 61.0 Å². The number of ether oxygens (including phenoxy) is 1. The van der Waals surface area contributed by atoms with Crippen molar-refractivity contribution >= 4 is 39.0 Å². The average molecular weight is 303 g/mol. The third-order valence-electron chi connectivity index (χ3n) is 2.97. The SMILES string of the molecule is COc1cccc(-c2nc(SC)nc3scc(N)c23)c1. The molecular formula is C14H13N3OS2. The number of hydrogen-bond donors (Lipinski definition) is 1. The third-order valence-corrected chi connectivity index (χ3v) is 4.41. The van der Waals surface area contributed by atoms with Gasteiger partial charge in [0.2, 0.25) is 0 Å². The first-order valence-corrected chi connectivity index (χ1v) is 8.06. The van der Waals surface area contributed by atoms with Crippen molar-refractivity contribution in [2.24, 2.45) is 0 Å². The van der Waals surface area contributed by atoms with Crippen molar-refractivity contribution in [1.82, 2.24) is 9.97 Å². The van der Waals surface area contributed by atoms with Crippen molar-refractivity contribution in [2.75, 3.05) is 19.1 Å². The molecule has 0 saturated carbocycles. The minimum Gasteiger partial charge on any atom is -0.497 e. The zero-order valence-electron chi connectivity index (χ0n) is 11.1. The Kier molecular flexibility index (Phi) is 3.50. The quantitative estimate of drug-likeness (QED) is 0.591. The molecule has 0 aliphatic carbocycles. The normalized spacial score (nSPS) is 10.9. The lowest BCUT2D eigenvalue weighted by Crippen LogP contribution is -1.94. The summed E-state index contributed by atoms with van der Waals surface area (Å²) >= 11 is 3.07. The molecule has 6 heteroatoms. The van der Waals surface area contributed by atoms with Gasteiger partial charge in [0.15, 0.2) is 5.16 Å². The summed E-state index contributed by atoms with van der Waals surface area (Å²) in [5.74, 6) is 0.800. The van der Waals surface area contributed by atoms with Crippen LogP contribution < -0.4 is 10.5 Å². The predicted octanol–water partition coefficient (Wildman–Crippen LogP) is 3.67. The van der Waals surface area contributed by atoms with Gasteiger partial charge in [0.05, 0.1) is 23.9 Å². The van der Waals surface area contributed by atoms with Crippen LogP contribution in [0.15, 0.2) is 34.8 Å². The number of rotatable bonds is 3. The van der Waals surface area contributed by atoms with Crippen LogP contribution in [0.3, 0.4) is 0 Å². The highest BCUT2D eigenvalue weighted by Gasteiger charge is 2.14. The maximum Gasteiger partial charge on any atom is 0.189 e. The minimum atomic E-state index is 0.718. The molecule has 2 aromatic heterocycles. The van der Waals surface area contributed by atoms with Crippen LogP contribution in [0.1, 0.15) is 0 Å². The molecule has 20 heavy (non-hydrogen) atoms. The number of anilines is 1. The van der Waals surface area contributed by atoms with Gasteiger partial charge < -0.3 is 10.5 Å². The van der Waals surface area contributed by atoms with Crippen molar-refractivity contribution in [3.05, 3.63) is 29.6 Å². The summed E-state index contributed by atoms with van der Waals surface area (Å²) in [7, 11) is 1.65. The number of hydrogen-bond acceptors (Lipinski definition) is 6. The molecule has 2 heterocycles. The first-order valence-electron chi connectivity index (χ1n) is 5.96. The van der Waals surface area contributed by atoms with Crippen molar-refractivity contribution in [3.63, 3.8) is 0 Å². The van der Waals surface area contributed by atoms with E-state index in [1.54, 1.807) is 18.4 Å². The summed E-state index contributed by atoms with van der Waals surface area (Å²) in [5, 5.41) is 3.57. The Bertz CT molecular complexity index is 770. The Balaban J connectivity index is 2.30. The van der Waals surface area contributed by atoms with E-state index in [2.05, 4.69) is 9.97 Å².